The maximum absolute atomic E-state index is 11.8. The molecule has 1 unspecified atom stereocenters. The molecule has 0 radical (unpaired) electrons. The Hall–Kier alpha value is -1.72. The summed E-state index contributed by atoms with van der Waals surface area (Å²) >= 11 is 9.24. The second-order valence-electron chi connectivity index (χ2n) is 4.99. The Kier molecular flexibility index (Phi) is 6.74. The standard InChI is InChI=1S/C17H18BrClN2O2/c1-12(23-16-7-5-15(19)6-8-16)21-17(22)20-10-9-13-3-2-4-14(18)11-13/h2-8,11-12H,9-10H2,1H3,(H2,20,21,22). The van der Waals surface area contributed by atoms with E-state index in [1.807, 2.05) is 24.3 Å². The number of benzene rings is 2. The molecule has 0 aliphatic rings. The van der Waals surface area contributed by atoms with Gasteiger partial charge in [-0.25, -0.2) is 4.79 Å². The van der Waals surface area contributed by atoms with E-state index in [2.05, 4.69) is 26.6 Å². The van der Waals surface area contributed by atoms with Gasteiger partial charge in [0.25, 0.3) is 0 Å². The van der Waals surface area contributed by atoms with Crippen LogP contribution in [-0.4, -0.2) is 18.8 Å². The first kappa shape index (κ1) is 17.6. The molecule has 6 heteroatoms. The molecule has 0 aliphatic heterocycles. The fourth-order valence-corrected chi connectivity index (χ4v) is 2.57. The number of rotatable bonds is 6. The average Bonchev–Trinajstić information content (AvgIpc) is 2.49. The fourth-order valence-electron chi connectivity index (χ4n) is 2.00. The Morgan fingerprint density at radius 3 is 2.70 bits per heavy atom. The molecule has 0 heterocycles. The van der Waals surface area contributed by atoms with Crippen molar-refractivity contribution in [3.05, 3.63) is 63.6 Å². The van der Waals surface area contributed by atoms with Crippen molar-refractivity contribution in [2.45, 2.75) is 19.6 Å². The van der Waals surface area contributed by atoms with Crippen LogP contribution in [0, 0.1) is 0 Å². The summed E-state index contributed by atoms with van der Waals surface area (Å²) in [6, 6.07) is 14.7. The predicted octanol–water partition coefficient (Wildman–Crippen LogP) is 4.37. The van der Waals surface area contributed by atoms with E-state index < -0.39 is 6.23 Å². The minimum absolute atomic E-state index is 0.263. The zero-order valence-electron chi connectivity index (χ0n) is 12.7. The van der Waals surface area contributed by atoms with Crippen LogP contribution in [0.2, 0.25) is 5.02 Å². The topological polar surface area (TPSA) is 50.4 Å². The molecule has 0 saturated heterocycles. The number of urea groups is 1. The normalized spacial score (nSPS) is 11.6. The quantitative estimate of drug-likeness (QED) is 0.711. The van der Waals surface area contributed by atoms with Gasteiger partial charge in [-0.15, -0.1) is 0 Å². The van der Waals surface area contributed by atoms with Crippen LogP contribution in [0.5, 0.6) is 5.75 Å². The monoisotopic (exact) mass is 396 g/mol. The van der Waals surface area contributed by atoms with Crippen molar-refractivity contribution in [2.24, 2.45) is 0 Å². The molecule has 2 N–H and O–H groups in total. The first-order valence-corrected chi connectivity index (χ1v) is 8.41. The molecule has 0 bridgehead atoms. The summed E-state index contributed by atoms with van der Waals surface area (Å²) in [6.07, 6.45) is 0.321. The first-order valence-electron chi connectivity index (χ1n) is 7.24. The van der Waals surface area contributed by atoms with Crippen LogP contribution in [0.1, 0.15) is 12.5 Å². The molecule has 0 fully saturated rings. The van der Waals surface area contributed by atoms with Gasteiger partial charge in [-0.2, -0.15) is 0 Å². The van der Waals surface area contributed by atoms with Gasteiger partial charge in [-0.05, 0) is 55.3 Å². The summed E-state index contributed by atoms with van der Waals surface area (Å²) in [5.41, 5.74) is 1.16. The lowest BCUT2D eigenvalue weighted by Crippen LogP contribution is -2.43. The van der Waals surface area contributed by atoms with Crippen molar-refractivity contribution >= 4 is 33.6 Å². The van der Waals surface area contributed by atoms with Gasteiger partial charge < -0.3 is 15.4 Å². The summed E-state index contributed by atoms with van der Waals surface area (Å²) in [5.74, 6) is 0.649. The Morgan fingerprint density at radius 2 is 2.00 bits per heavy atom. The zero-order chi connectivity index (χ0) is 16.7. The van der Waals surface area contributed by atoms with E-state index >= 15 is 0 Å². The predicted molar refractivity (Wildman–Crippen MR) is 95.9 cm³/mol. The Balaban J connectivity index is 1.70. The second kappa shape index (κ2) is 8.79. The van der Waals surface area contributed by atoms with E-state index in [4.69, 9.17) is 16.3 Å². The van der Waals surface area contributed by atoms with Crippen molar-refractivity contribution in [1.82, 2.24) is 10.6 Å². The molecule has 122 valence electrons. The van der Waals surface area contributed by atoms with Gasteiger partial charge in [0, 0.05) is 16.0 Å². The van der Waals surface area contributed by atoms with Gasteiger partial charge in [0.2, 0.25) is 0 Å². The number of amides is 2. The summed E-state index contributed by atoms with van der Waals surface area (Å²) in [6.45, 7) is 2.32. The van der Waals surface area contributed by atoms with Crippen LogP contribution in [0.4, 0.5) is 4.79 Å². The average molecular weight is 398 g/mol. The van der Waals surface area contributed by atoms with Gasteiger partial charge in [0.1, 0.15) is 5.75 Å². The maximum Gasteiger partial charge on any atom is 0.317 e. The second-order valence-corrected chi connectivity index (χ2v) is 6.35. The summed E-state index contributed by atoms with van der Waals surface area (Å²) in [5, 5.41) is 6.18. The third-order valence-corrected chi connectivity index (χ3v) is 3.79. The highest BCUT2D eigenvalue weighted by atomic mass is 79.9. The van der Waals surface area contributed by atoms with Crippen LogP contribution in [0.15, 0.2) is 53.0 Å². The lowest BCUT2D eigenvalue weighted by atomic mass is 10.1. The maximum atomic E-state index is 11.8. The Labute approximate surface area is 149 Å². The lowest BCUT2D eigenvalue weighted by Gasteiger charge is -2.16. The minimum atomic E-state index is -0.443. The number of nitrogens with one attached hydrogen (secondary N) is 2. The van der Waals surface area contributed by atoms with E-state index in [0.717, 1.165) is 16.5 Å². The molecule has 0 aliphatic carbocycles. The Bertz CT molecular complexity index is 649. The molecule has 2 aromatic carbocycles. The molecule has 0 spiro atoms. The fraction of sp³-hybridized carbons (Fsp3) is 0.235. The molecule has 2 amide bonds. The number of ether oxygens (including phenoxy) is 1. The van der Waals surface area contributed by atoms with Crippen LogP contribution >= 0.6 is 27.5 Å². The molecule has 1 atom stereocenters. The largest absolute Gasteiger partial charge is 0.471 e. The number of halogens is 2. The smallest absolute Gasteiger partial charge is 0.317 e. The summed E-state index contributed by atoms with van der Waals surface area (Å²) in [7, 11) is 0. The molecule has 23 heavy (non-hydrogen) atoms. The minimum Gasteiger partial charge on any atom is -0.471 e. The van der Waals surface area contributed by atoms with E-state index in [-0.39, 0.29) is 6.03 Å². The van der Waals surface area contributed by atoms with Gasteiger partial charge in [-0.1, -0.05) is 39.7 Å². The molecule has 0 aromatic heterocycles. The van der Waals surface area contributed by atoms with E-state index in [1.165, 1.54) is 0 Å². The third-order valence-electron chi connectivity index (χ3n) is 3.05. The van der Waals surface area contributed by atoms with Crippen molar-refractivity contribution in [3.8, 4) is 5.75 Å². The first-order chi connectivity index (χ1) is 11.0. The highest BCUT2D eigenvalue weighted by Crippen LogP contribution is 2.16. The number of carbonyl (C=O) groups is 1. The number of carbonyl (C=O) groups excluding carboxylic acids is 1. The molecule has 2 rings (SSSR count). The van der Waals surface area contributed by atoms with Crippen LogP contribution in [0.3, 0.4) is 0 Å². The number of hydrogen-bond donors (Lipinski definition) is 2. The molecule has 0 saturated carbocycles. The van der Waals surface area contributed by atoms with E-state index in [0.29, 0.717) is 17.3 Å². The van der Waals surface area contributed by atoms with Gasteiger partial charge in [0.05, 0.1) is 0 Å². The third kappa shape index (κ3) is 6.50. The molecular weight excluding hydrogens is 380 g/mol. The summed E-state index contributed by atoms with van der Waals surface area (Å²) < 4.78 is 6.62. The Morgan fingerprint density at radius 1 is 1.26 bits per heavy atom. The zero-order valence-corrected chi connectivity index (χ0v) is 15.0. The highest BCUT2D eigenvalue weighted by Gasteiger charge is 2.08. The highest BCUT2D eigenvalue weighted by molar-refractivity contribution is 9.10. The molecular formula is C17H18BrClN2O2. The van der Waals surface area contributed by atoms with E-state index in [9.17, 15) is 4.79 Å². The molecule has 4 nitrogen and oxygen atoms in total. The van der Waals surface area contributed by atoms with Crippen LogP contribution in [0.25, 0.3) is 0 Å². The van der Waals surface area contributed by atoms with Crippen molar-refractivity contribution < 1.29 is 9.53 Å². The van der Waals surface area contributed by atoms with Crippen LogP contribution in [-0.2, 0) is 6.42 Å². The molecule has 2 aromatic rings. The van der Waals surface area contributed by atoms with E-state index in [1.54, 1.807) is 31.2 Å². The van der Waals surface area contributed by atoms with Crippen molar-refractivity contribution in [1.29, 1.82) is 0 Å². The number of hydrogen-bond acceptors (Lipinski definition) is 2. The summed E-state index contributed by atoms with van der Waals surface area (Å²) in [4.78, 5) is 11.8. The van der Waals surface area contributed by atoms with Gasteiger partial charge in [-0.3, -0.25) is 0 Å². The van der Waals surface area contributed by atoms with Crippen LogP contribution < -0.4 is 15.4 Å². The van der Waals surface area contributed by atoms with Crippen molar-refractivity contribution in [3.63, 3.8) is 0 Å². The lowest BCUT2D eigenvalue weighted by molar-refractivity contribution is 0.177. The van der Waals surface area contributed by atoms with Gasteiger partial charge >= 0.3 is 6.03 Å². The SMILES string of the molecule is CC(NC(=O)NCCc1cccc(Br)c1)Oc1ccc(Cl)cc1. The van der Waals surface area contributed by atoms with Crippen molar-refractivity contribution in [2.75, 3.05) is 6.54 Å². The van der Waals surface area contributed by atoms with Gasteiger partial charge in [0.15, 0.2) is 6.23 Å².